The van der Waals surface area contributed by atoms with Gasteiger partial charge in [0.25, 0.3) is 0 Å². The van der Waals surface area contributed by atoms with Crippen molar-refractivity contribution in [2.24, 2.45) is 0 Å². The van der Waals surface area contributed by atoms with E-state index >= 15 is 0 Å². The molecule has 10 nitrogen and oxygen atoms in total. The minimum absolute atomic E-state index is 0.0892. The molecule has 0 saturated heterocycles. The second-order valence-corrected chi connectivity index (χ2v) is 7.16. The fourth-order valence-corrected chi connectivity index (χ4v) is 3.24. The van der Waals surface area contributed by atoms with E-state index in [9.17, 15) is 4.79 Å². The van der Waals surface area contributed by atoms with Crippen molar-refractivity contribution in [3.05, 3.63) is 54.9 Å². The summed E-state index contributed by atoms with van der Waals surface area (Å²) < 4.78 is 5.35. The van der Waals surface area contributed by atoms with Crippen LogP contribution in [0.1, 0.15) is 6.92 Å². The van der Waals surface area contributed by atoms with Crippen LogP contribution < -0.4 is 21.1 Å². The number of nitrogen functional groups attached to an aromatic ring is 1. The van der Waals surface area contributed by atoms with Gasteiger partial charge in [-0.1, -0.05) is 30.3 Å². The molecular weight excluding hydrogens is 420 g/mol. The van der Waals surface area contributed by atoms with Crippen LogP contribution in [0.3, 0.4) is 0 Å². The van der Waals surface area contributed by atoms with Gasteiger partial charge in [-0.25, -0.2) is 19.9 Å². The quantitative estimate of drug-likeness (QED) is 0.304. The van der Waals surface area contributed by atoms with E-state index in [0.717, 1.165) is 16.8 Å². The van der Waals surface area contributed by atoms with E-state index in [1.807, 2.05) is 36.4 Å². The number of anilines is 2. The second kappa shape index (κ2) is 9.77. The Hall–Kier alpha value is -4.47. The predicted octanol–water partition coefficient (Wildman–Crippen LogP) is 2.73. The van der Waals surface area contributed by atoms with Crippen LogP contribution in [0.15, 0.2) is 54.9 Å². The number of hydrogen-bond acceptors (Lipinski definition) is 8. The van der Waals surface area contributed by atoms with Gasteiger partial charge in [-0.05, 0) is 12.1 Å². The van der Waals surface area contributed by atoms with Gasteiger partial charge in [0, 0.05) is 43.5 Å². The molecule has 0 saturated carbocycles. The molecule has 3 aromatic heterocycles. The number of ether oxygens (including phenoxy) is 1. The number of aromatic amines is 1. The molecule has 10 heteroatoms. The number of pyridine rings is 1. The average Bonchev–Trinajstić information content (AvgIpc) is 3.28. The van der Waals surface area contributed by atoms with Crippen LogP contribution in [0, 0.1) is 0 Å². The Labute approximate surface area is 190 Å². The summed E-state index contributed by atoms with van der Waals surface area (Å²) in [5.41, 5.74) is 9.57. The lowest BCUT2D eigenvalue weighted by Gasteiger charge is -2.08. The fraction of sp³-hybridized carbons (Fsp3) is 0.174. The maximum absolute atomic E-state index is 11.0. The number of methoxy groups -OCH3 is 1. The largest absolute Gasteiger partial charge is 0.493 e. The third kappa shape index (κ3) is 5.06. The van der Waals surface area contributed by atoms with Gasteiger partial charge in [-0.3, -0.25) is 4.79 Å². The Morgan fingerprint density at radius 3 is 2.67 bits per heavy atom. The van der Waals surface area contributed by atoms with Crippen molar-refractivity contribution in [3.8, 4) is 39.8 Å². The molecule has 168 valence electrons. The first-order chi connectivity index (χ1) is 16.0. The number of nitrogens with zero attached hydrogens (tertiary/aromatic N) is 4. The summed E-state index contributed by atoms with van der Waals surface area (Å²) >= 11 is 0. The van der Waals surface area contributed by atoms with E-state index < -0.39 is 0 Å². The number of aromatic nitrogens is 5. The first-order valence-electron chi connectivity index (χ1n) is 10.3. The van der Waals surface area contributed by atoms with E-state index in [-0.39, 0.29) is 5.91 Å². The van der Waals surface area contributed by atoms with Crippen molar-refractivity contribution in [1.29, 1.82) is 0 Å². The monoisotopic (exact) mass is 444 g/mol. The highest BCUT2D eigenvalue weighted by atomic mass is 16.5. The number of carbonyl (C=O) groups is 1. The Morgan fingerprint density at radius 2 is 1.91 bits per heavy atom. The van der Waals surface area contributed by atoms with E-state index in [1.165, 1.54) is 6.92 Å². The van der Waals surface area contributed by atoms with Gasteiger partial charge < -0.3 is 26.1 Å². The maximum Gasteiger partial charge on any atom is 0.223 e. The standard InChI is InChI=1S/C23H24N8O2/c1-14(32)25-10-11-27-23-26-9-8-17(29-23)20-19(16-12-18(33-2)21(24)28-13-16)30-22(31-20)15-6-4-3-5-7-15/h3-9,12-13H,10-11H2,1-2H3,(H2,24,28)(H,25,32)(H,30,31)(H,26,27,29). The SMILES string of the molecule is COc1cc(-c2[nH]c(-c3ccccc3)nc2-c2ccnc(NCCNC(C)=O)n2)cnc1N. The number of nitrogens with two attached hydrogens (primary N) is 1. The normalized spacial score (nSPS) is 10.6. The van der Waals surface area contributed by atoms with Crippen molar-refractivity contribution in [3.63, 3.8) is 0 Å². The first kappa shape index (κ1) is 21.8. The van der Waals surface area contributed by atoms with Crippen molar-refractivity contribution >= 4 is 17.7 Å². The zero-order valence-electron chi connectivity index (χ0n) is 18.3. The summed E-state index contributed by atoms with van der Waals surface area (Å²) in [7, 11) is 1.55. The smallest absolute Gasteiger partial charge is 0.223 e. The van der Waals surface area contributed by atoms with Gasteiger partial charge in [-0.15, -0.1) is 0 Å². The molecule has 1 amide bonds. The van der Waals surface area contributed by atoms with Gasteiger partial charge in [-0.2, -0.15) is 0 Å². The lowest BCUT2D eigenvalue weighted by molar-refractivity contribution is -0.118. The molecule has 0 unspecified atom stereocenters. The summed E-state index contributed by atoms with van der Waals surface area (Å²) in [6, 6.07) is 13.4. The molecule has 0 aliphatic rings. The highest BCUT2D eigenvalue weighted by Crippen LogP contribution is 2.34. The lowest BCUT2D eigenvalue weighted by atomic mass is 10.1. The number of imidazole rings is 1. The summed E-state index contributed by atoms with van der Waals surface area (Å²) in [6.45, 7) is 2.43. The van der Waals surface area contributed by atoms with Crippen molar-refractivity contribution < 1.29 is 9.53 Å². The lowest BCUT2D eigenvalue weighted by Crippen LogP contribution is -2.26. The molecule has 0 spiro atoms. The van der Waals surface area contributed by atoms with Gasteiger partial charge in [0.15, 0.2) is 11.6 Å². The summed E-state index contributed by atoms with van der Waals surface area (Å²) in [5, 5.41) is 5.84. The van der Waals surface area contributed by atoms with E-state index in [0.29, 0.717) is 47.8 Å². The first-order valence-corrected chi connectivity index (χ1v) is 10.3. The summed E-state index contributed by atoms with van der Waals surface area (Å²) in [4.78, 5) is 32.4. The van der Waals surface area contributed by atoms with E-state index in [1.54, 1.807) is 25.6 Å². The van der Waals surface area contributed by atoms with Gasteiger partial charge in [0.2, 0.25) is 11.9 Å². The molecule has 0 bridgehead atoms. The molecule has 0 fully saturated rings. The van der Waals surface area contributed by atoms with Gasteiger partial charge >= 0.3 is 0 Å². The van der Waals surface area contributed by atoms with Crippen LogP contribution in [0.2, 0.25) is 0 Å². The molecule has 5 N–H and O–H groups in total. The Balaban J connectivity index is 1.73. The Kier molecular flexibility index (Phi) is 6.44. The molecule has 0 atom stereocenters. The molecule has 0 aliphatic carbocycles. The number of hydrogen-bond donors (Lipinski definition) is 4. The minimum atomic E-state index is -0.0892. The topological polar surface area (TPSA) is 144 Å². The van der Waals surface area contributed by atoms with Crippen LogP contribution in [0.5, 0.6) is 5.75 Å². The zero-order valence-corrected chi connectivity index (χ0v) is 18.3. The molecule has 3 heterocycles. The van der Waals surface area contributed by atoms with Crippen molar-refractivity contribution in [2.75, 3.05) is 31.2 Å². The summed E-state index contributed by atoms with van der Waals surface area (Å²) in [5.74, 6) is 1.81. The fourth-order valence-electron chi connectivity index (χ4n) is 3.24. The maximum atomic E-state index is 11.0. The number of benzene rings is 1. The number of rotatable bonds is 8. The Morgan fingerprint density at radius 1 is 1.09 bits per heavy atom. The number of amides is 1. The van der Waals surface area contributed by atoms with Crippen LogP contribution in [0.4, 0.5) is 11.8 Å². The van der Waals surface area contributed by atoms with Crippen LogP contribution in [-0.4, -0.2) is 51.0 Å². The third-order valence-electron chi connectivity index (χ3n) is 4.82. The summed E-state index contributed by atoms with van der Waals surface area (Å²) in [6.07, 6.45) is 3.32. The number of nitrogens with one attached hydrogen (secondary N) is 3. The predicted molar refractivity (Wildman–Crippen MR) is 126 cm³/mol. The zero-order chi connectivity index (χ0) is 23.2. The van der Waals surface area contributed by atoms with Crippen molar-refractivity contribution in [1.82, 2.24) is 30.2 Å². The van der Waals surface area contributed by atoms with E-state index in [4.69, 9.17) is 15.5 Å². The molecule has 0 radical (unpaired) electrons. The van der Waals surface area contributed by atoms with Gasteiger partial charge in [0.05, 0.1) is 18.5 Å². The molecule has 33 heavy (non-hydrogen) atoms. The number of H-pyrrole nitrogens is 1. The van der Waals surface area contributed by atoms with Crippen molar-refractivity contribution in [2.45, 2.75) is 6.92 Å². The van der Waals surface area contributed by atoms with E-state index in [2.05, 4.69) is 30.6 Å². The molecule has 0 aliphatic heterocycles. The number of carbonyl (C=O) groups excluding carboxylic acids is 1. The Bertz CT molecular complexity index is 1260. The molecule has 1 aromatic carbocycles. The minimum Gasteiger partial charge on any atom is -0.493 e. The highest BCUT2D eigenvalue weighted by molar-refractivity contribution is 5.80. The average molecular weight is 444 g/mol. The highest BCUT2D eigenvalue weighted by Gasteiger charge is 2.18. The van der Waals surface area contributed by atoms with Crippen LogP contribution in [-0.2, 0) is 4.79 Å². The third-order valence-corrected chi connectivity index (χ3v) is 4.82. The molecular formula is C23H24N8O2. The molecule has 4 rings (SSSR count). The molecule has 4 aromatic rings. The van der Waals surface area contributed by atoms with Crippen LogP contribution >= 0.6 is 0 Å². The van der Waals surface area contributed by atoms with Crippen LogP contribution in [0.25, 0.3) is 34.0 Å². The van der Waals surface area contributed by atoms with Gasteiger partial charge in [0.1, 0.15) is 11.5 Å². The second-order valence-electron chi connectivity index (χ2n) is 7.16.